The van der Waals surface area contributed by atoms with Gasteiger partial charge in [0.25, 0.3) is 0 Å². The zero-order chi connectivity index (χ0) is 13.3. The summed E-state index contributed by atoms with van der Waals surface area (Å²) < 4.78 is 1.99. The molecule has 1 aromatic heterocycles. The van der Waals surface area contributed by atoms with Crippen molar-refractivity contribution >= 4 is 0 Å². The Morgan fingerprint density at radius 1 is 1.17 bits per heavy atom. The van der Waals surface area contributed by atoms with Gasteiger partial charge in [0, 0.05) is 11.7 Å². The fraction of sp³-hybridized carbons (Fsp3) is 0.400. The van der Waals surface area contributed by atoms with Gasteiger partial charge in [-0.2, -0.15) is 5.10 Å². The summed E-state index contributed by atoms with van der Waals surface area (Å²) in [5.74, 6) is 0. The van der Waals surface area contributed by atoms with Crippen LogP contribution in [-0.4, -0.2) is 9.78 Å². The van der Waals surface area contributed by atoms with Crippen LogP contribution in [0.5, 0.6) is 0 Å². The van der Waals surface area contributed by atoms with Crippen LogP contribution in [0.1, 0.15) is 34.1 Å². The molecule has 2 N–H and O–H groups in total. The minimum atomic E-state index is -0.0106. The van der Waals surface area contributed by atoms with E-state index in [2.05, 4.69) is 50.1 Å². The summed E-state index contributed by atoms with van der Waals surface area (Å²) in [7, 11) is 0. The molecule has 1 heterocycles. The van der Waals surface area contributed by atoms with Crippen LogP contribution in [0.25, 0.3) is 0 Å². The van der Waals surface area contributed by atoms with Crippen molar-refractivity contribution in [2.24, 2.45) is 5.73 Å². The third kappa shape index (κ3) is 2.62. The molecule has 0 bridgehead atoms. The molecule has 2 aromatic rings. The highest BCUT2D eigenvalue weighted by Gasteiger charge is 2.11. The van der Waals surface area contributed by atoms with E-state index in [-0.39, 0.29) is 6.04 Å². The third-order valence-corrected chi connectivity index (χ3v) is 3.30. The van der Waals surface area contributed by atoms with Crippen molar-refractivity contribution in [3.63, 3.8) is 0 Å². The molecular weight excluding hydrogens is 222 g/mol. The van der Waals surface area contributed by atoms with E-state index in [9.17, 15) is 0 Å². The number of rotatable bonds is 3. The second-order valence-electron chi connectivity index (χ2n) is 5.08. The Kier molecular flexibility index (Phi) is 3.53. The van der Waals surface area contributed by atoms with E-state index in [0.29, 0.717) is 0 Å². The van der Waals surface area contributed by atoms with Gasteiger partial charge < -0.3 is 5.73 Å². The van der Waals surface area contributed by atoms with E-state index in [0.717, 1.165) is 17.9 Å². The molecule has 3 heteroatoms. The molecule has 0 aliphatic heterocycles. The maximum atomic E-state index is 6.30. The SMILES string of the molecule is Cc1ccc(C(N)Cn2nc(C)cc2C)c(C)c1. The van der Waals surface area contributed by atoms with Gasteiger partial charge >= 0.3 is 0 Å². The first-order valence-electron chi connectivity index (χ1n) is 6.31. The van der Waals surface area contributed by atoms with Crippen LogP contribution in [0.15, 0.2) is 24.3 Å². The standard InChI is InChI=1S/C15H21N3/c1-10-5-6-14(11(2)7-10)15(16)9-18-13(4)8-12(3)17-18/h5-8,15H,9,16H2,1-4H3. The molecule has 0 fully saturated rings. The van der Waals surface area contributed by atoms with Gasteiger partial charge in [-0.15, -0.1) is 0 Å². The molecule has 0 aliphatic carbocycles. The average Bonchev–Trinajstić information content (AvgIpc) is 2.57. The van der Waals surface area contributed by atoms with Gasteiger partial charge in [0.1, 0.15) is 0 Å². The summed E-state index contributed by atoms with van der Waals surface area (Å²) in [5.41, 5.74) is 12.2. The Morgan fingerprint density at radius 2 is 1.89 bits per heavy atom. The molecule has 2 rings (SSSR count). The van der Waals surface area contributed by atoms with Gasteiger partial charge in [0.15, 0.2) is 0 Å². The molecule has 0 amide bonds. The Morgan fingerprint density at radius 3 is 2.44 bits per heavy atom. The molecule has 0 aliphatic rings. The lowest BCUT2D eigenvalue weighted by Crippen LogP contribution is -2.20. The van der Waals surface area contributed by atoms with Crippen LogP contribution in [0.2, 0.25) is 0 Å². The van der Waals surface area contributed by atoms with Gasteiger partial charge in [-0.1, -0.05) is 23.8 Å². The number of aryl methyl sites for hydroxylation is 4. The number of nitrogens with two attached hydrogens (primary N) is 1. The predicted molar refractivity (Wildman–Crippen MR) is 74.5 cm³/mol. The zero-order valence-corrected chi connectivity index (χ0v) is 11.6. The topological polar surface area (TPSA) is 43.8 Å². The fourth-order valence-corrected chi connectivity index (χ4v) is 2.39. The van der Waals surface area contributed by atoms with Crippen molar-refractivity contribution in [2.75, 3.05) is 0 Å². The van der Waals surface area contributed by atoms with E-state index in [1.54, 1.807) is 0 Å². The number of aromatic nitrogens is 2. The van der Waals surface area contributed by atoms with Gasteiger partial charge in [0.05, 0.1) is 12.2 Å². The number of hydrogen-bond acceptors (Lipinski definition) is 2. The third-order valence-electron chi connectivity index (χ3n) is 3.30. The first-order valence-corrected chi connectivity index (χ1v) is 6.31. The molecule has 0 saturated heterocycles. The number of benzene rings is 1. The summed E-state index contributed by atoms with van der Waals surface area (Å²) in [6, 6.07) is 8.49. The lowest BCUT2D eigenvalue weighted by molar-refractivity contribution is 0.513. The summed E-state index contributed by atoms with van der Waals surface area (Å²) in [6.45, 7) is 9.01. The van der Waals surface area contributed by atoms with Gasteiger partial charge in [-0.25, -0.2) is 0 Å². The average molecular weight is 243 g/mol. The van der Waals surface area contributed by atoms with Crippen molar-refractivity contribution in [3.05, 3.63) is 52.3 Å². The summed E-state index contributed by atoms with van der Waals surface area (Å²) in [5, 5.41) is 4.46. The Balaban J connectivity index is 2.21. The van der Waals surface area contributed by atoms with Crippen LogP contribution < -0.4 is 5.73 Å². The molecular formula is C15H21N3. The normalized spacial score (nSPS) is 12.7. The van der Waals surface area contributed by atoms with E-state index >= 15 is 0 Å². The molecule has 96 valence electrons. The minimum absolute atomic E-state index is 0.0106. The number of hydrogen-bond donors (Lipinski definition) is 1. The van der Waals surface area contributed by atoms with Crippen molar-refractivity contribution in [3.8, 4) is 0 Å². The van der Waals surface area contributed by atoms with Crippen molar-refractivity contribution in [1.82, 2.24) is 9.78 Å². The quantitative estimate of drug-likeness (QED) is 0.901. The highest BCUT2D eigenvalue weighted by atomic mass is 15.3. The lowest BCUT2D eigenvalue weighted by Gasteiger charge is -2.16. The molecule has 0 radical (unpaired) electrons. The molecule has 1 aromatic carbocycles. The predicted octanol–water partition coefficient (Wildman–Crippen LogP) is 2.82. The molecule has 0 saturated carbocycles. The monoisotopic (exact) mass is 243 g/mol. The van der Waals surface area contributed by atoms with Crippen molar-refractivity contribution in [1.29, 1.82) is 0 Å². The Bertz CT molecular complexity index is 555. The first kappa shape index (κ1) is 12.8. The smallest absolute Gasteiger partial charge is 0.0605 e. The van der Waals surface area contributed by atoms with Crippen LogP contribution in [0, 0.1) is 27.7 Å². The largest absolute Gasteiger partial charge is 0.322 e. The van der Waals surface area contributed by atoms with E-state index in [1.165, 1.54) is 16.7 Å². The second kappa shape index (κ2) is 4.94. The van der Waals surface area contributed by atoms with Gasteiger partial charge in [0.2, 0.25) is 0 Å². The summed E-state index contributed by atoms with van der Waals surface area (Å²) >= 11 is 0. The highest BCUT2D eigenvalue weighted by molar-refractivity contribution is 5.32. The Hall–Kier alpha value is -1.61. The molecule has 1 atom stereocenters. The zero-order valence-electron chi connectivity index (χ0n) is 11.6. The molecule has 1 unspecified atom stereocenters. The summed E-state index contributed by atoms with van der Waals surface area (Å²) in [6.07, 6.45) is 0. The van der Waals surface area contributed by atoms with Crippen LogP contribution in [0.3, 0.4) is 0 Å². The lowest BCUT2D eigenvalue weighted by atomic mass is 10.00. The van der Waals surface area contributed by atoms with E-state index in [4.69, 9.17) is 5.73 Å². The summed E-state index contributed by atoms with van der Waals surface area (Å²) in [4.78, 5) is 0. The second-order valence-corrected chi connectivity index (χ2v) is 5.08. The van der Waals surface area contributed by atoms with Crippen LogP contribution in [0.4, 0.5) is 0 Å². The first-order chi connectivity index (χ1) is 8.47. The molecule has 18 heavy (non-hydrogen) atoms. The fourth-order valence-electron chi connectivity index (χ4n) is 2.39. The molecule has 0 spiro atoms. The van der Waals surface area contributed by atoms with Gasteiger partial charge in [-0.3, -0.25) is 4.68 Å². The highest BCUT2D eigenvalue weighted by Crippen LogP contribution is 2.19. The Labute approximate surface area is 109 Å². The number of nitrogens with zero attached hydrogens (tertiary/aromatic N) is 2. The maximum absolute atomic E-state index is 6.30. The van der Waals surface area contributed by atoms with E-state index < -0.39 is 0 Å². The van der Waals surface area contributed by atoms with Crippen molar-refractivity contribution in [2.45, 2.75) is 40.3 Å². The maximum Gasteiger partial charge on any atom is 0.0605 e. The van der Waals surface area contributed by atoms with Crippen LogP contribution in [-0.2, 0) is 6.54 Å². The molecule has 3 nitrogen and oxygen atoms in total. The van der Waals surface area contributed by atoms with Crippen LogP contribution >= 0.6 is 0 Å². The van der Waals surface area contributed by atoms with E-state index in [1.807, 2.05) is 11.6 Å². The van der Waals surface area contributed by atoms with Crippen molar-refractivity contribution < 1.29 is 0 Å². The minimum Gasteiger partial charge on any atom is -0.322 e. The van der Waals surface area contributed by atoms with Gasteiger partial charge in [-0.05, 0) is 44.9 Å².